The molecule has 1 aliphatic rings. The number of aromatic nitrogens is 1. The number of nitrogens with zero attached hydrogens (tertiary/aromatic N) is 2. The molecule has 2 heterocycles. The first-order chi connectivity index (χ1) is 14.3. The molecule has 3 aromatic rings. The highest BCUT2D eigenvalue weighted by molar-refractivity contribution is 6.03. The van der Waals surface area contributed by atoms with E-state index in [2.05, 4.69) is 29.2 Å². The summed E-state index contributed by atoms with van der Waals surface area (Å²) in [6.45, 7) is 5.78. The van der Waals surface area contributed by atoms with Crippen molar-refractivity contribution in [1.29, 1.82) is 5.41 Å². The minimum absolute atomic E-state index is 0.0250. The van der Waals surface area contributed by atoms with Crippen LogP contribution in [0, 0.1) is 5.41 Å². The summed E-state index contributed by atoms with van der Waals surface area (Å²) in [6, 6.07) is 9.16. The van der Waals surface area contributed by atoms with Crippen molar-refractivity contribution in [3.8, 4) is 33.9 Å². The maximum Gasteiger partial charge on any atom is 0.179 e. The molecule has 2 aromatic carbocycles. The zero-order valence-corrected chi connectivity index (χ0v) is 17.4. The van der Waals surface area contributed by atoms with Crippen LogP contribution < -0.4 is 5.73 Å². The minimum atomic E-state index is -0.209. The normalized spacial score (nSPS) is 14.1. The van der Waals surface area contributed by atoms with Crippen LogP contribution in [-0.2, 0) is 13.0 Å². The SMILES string of the molecule is CC(C)c1cc(-c2onc(C(=N)N)c2-c2ccc3c(c2)CCN(C)C3)c(O)cc1O. The largest absolute Gasteiger partial charge is 0.508 e. The molecule has 0 amide bonds. The molecule has 0 fully saturated rings. The Morgan fingerprint density at radius 1 is 1.17 bits per heavy atom. The number of phenolic OH excluding ortho intramolecular Hbond substituents is 2. The average molecular weight is 406 g/mol. The Bertz CT molecular complexity index is 1130. The smallest absolute Gasteiger partial charge is 0.179 e. The molecule has 0 saturated heterocycles. The van der Waals surface area contributed by atoms with E-state index in [4.69, 9.17) is 15.7 Å². The van der Waals surface area contributed by atoms with E-state index in [0.29, 0.717) is 22.5 Å². The van der Waals surface area contributed by atoms with Gasteiger partial charge in [-0.15, -0.1) is 0 Å². The van der Waals surface area contributed by atoms with Crippen molar-refractivity contribution in [2.24, 2.45) is 5.73 Å². The fourth-order valence-electron chi connectivity index (χ4n) is 4.01. The van der Waals surface area contributed by atoms with Crippen molar-refractivity contribution in [3.05, 3.63) is 52.7 Å². The molecule has 1 aromatic heterocycles. The number of hydrogen-bond acceptors (Lipinski definition) is 6. The second kappa shape index (κ2) is 7.50. The van der Waals surface area contributed by atoms with E-state index in [1.807, 2.05) is 19.9 Å². The molecule has 5 N–H and O–H groups in total. The molecule has 30 heavy (non-hydrogen) atoms. The molecule has 0 aliphatic carbocycles. The van der Waals surface area contributed by atoms with Crippen LogP contribution in [0.1, 0.15) is 42.1 Å². The maximum absolute atomic E-state index is 10.6. The fourth-order valence-corrected chi connectivity index (χ4v) is 4.01. The van der Waals surface area contributed by atoms with E-state index in [1.165, 1.54) is 17.2 Å². The van der Waals surface area contributed by atoms with Crippen molar-refractivity contribution >= 4 is 5.84 Å². The van der Waals surface area contributed by atoms with Crippen LogP contribution in [0.4, 0.5) is 0 Å². The van der Waals surface area contributed by atoms with Crippen LogP contribution in [0.5, 0.6) is 11.5 Å². The monoisotopic (exact) mass is 406 g/mol. The molecule has 0 unspecified atom stereocenters. The number of hydrogen-bond donors (Lipinski definition) is 4. The third-order valence-corrected chi connectivity index (χ3v) is 5.66. The van der Waals surface area contributed by atoms with Crippen LogP contribution >= 0.6 is 0 Å². The van der Waals surface area contributed by atoms with E-state index >= 15 is 0 Å². The summed E-state index contributed by atoms with van der Waals surface area (Å²) in [5, 5.41) is 32.7. The van der Waals surface area contributed by atoms with Crippen molar-refractivity contribution in [3.63, 3.8) is 0 Å². The van der Waals surface area contributed by atoms with Gasteiger partial charge in [0.15, 0.2) is 11.5 Å². The summed E-state index contributed by atoms with van der Waals surface area (Å²) in [6.07, 6.45) is 0.928. The lowest BCUT2D eigenvalue weighted by Gasteiger charge is -2.25. The van der Waals surface area contributed by atoms with Gasteiger partial charge in [0.1, 0.15) is 17.3 Å². The number of phenols is 2. The highest BCUT2D eigenvalue weighted by Gasteiger charge is 2.26. The first-order valence-corrected chi connectivity index (χ1v) is 9.97. The molecule has 156 valence electrons. The van der Waals surface area contributed by atoms with Crippen LogP contribution in [0.25, 0.3) is 22.5 Å². The van der Waals surface area contributed by atoms with Crippen LogP contribution in [-0.4, -0.2) is 39.7 Å². The fraction of sp³-hybridized carbons (Fsp3) is 0.304. The third-order valence-electron chi connectivity index (χ3n) is 5.66. The number of nitrogens with one attached hydrogen (secondary N) is 1. The number of amidine groups is 1. The number of nitrogen functional groups attached to an aromatic ring is 1. The molecule has 0 bridgehead atoms. The number of rotatable bonds is 4. The molecule has 0 spiro atoms. The van der Waals surface area contributed by atoms with Gasteiger partial charge in [-0.3, -0.25) is 5.41 Å². The number of nitrogens with two attached hydrogens (primary N) is 1. The Labute approximate surface area is 175 Å². The first-order valence-electron chi connectivity index (χ1n) is 9.97. The van der Waals surface area contributed by atoms with E-state index in [9.17, 15) is 10.2 Å². The number of likely N-dealkylation sites (N-methyl/N-ethyl adjacent to an activating group) is 1. The van der Waals surface area contributed by atoms with Gasteiger partial charge in [-0.2, -0.15) is 0 Å². The molecule has 7 heteroatoms. The second-order valence-electron chi connectivity index (χ2n) is 8.20. The first kappa shape index (κ1) is 20.0. The van der Waals surface area contributed by atoms with Gasteiger partial charge < -0.3 is 25.4 Å². The highest BCUT2D eigenvalue weighted by atomic mass is 16.5. The molecule has 0 saturated carbocycles. The number of benzene rings is 2. The maximum atomic E-state index is 10.6. The van der Waals surface area contributed by atoms with E-state index in [0.717, 1.165) is 25.1 Å². The quantitative estimate of drug-likeness (QED) is 0.386. The van der Waals surface area contributed by atoms with Gasteiger partial charge in [-0.1, -0.05) is 37.2 Å². The standard InChI is InChI=1S/C23H26N4O3/c1-12(2)16-9-17(19(29)10-18(16)28)22-20(21(23(24)25)26-30-22)14-4-5-15-11-27(3)7-6-13(15)8-14/h4-5,8-10,12,28-29H,6-7,11H2,1-3H3,(H3,24,25). The molecule has 1 aliphatic heterocycles. The minimum Gasteiger partial charge on any atom is -0.508 e. The Balaban J connectivity index is 1.92. The lowest BCUT2D eigenvalue weighted by molar-refractivity contribution is 0.313. The van der Waals surface area contributed by atoms with E-state index in [1.54, 1.807) is 6.07 Å². The van der Waals surface area contributed by atoms with Crippen molar-refractivity contribution in [2.45, 2.75) is 32.7 Å². The van der Waals surface area contributed by atoms with Crippen molar-refractivity contribution < 1.29 is 14.7 Å². The molecule has 0 atom stereocenters. The van der Waals surface area contributed by atoms with Crippen LogP contribution in [0.3, 0.4) is 0 Å². The summed E-state index contributed by atoms with van der Waals surface area (Å²) in [5.74, 6) is 0.0667. The lowest BCUT2D eigenvalue weighted by atomic mass is 9.91. The Kier molecular flexibility index (Phi) is 4.99. The summed E-state index contributed by atoms with van der Waals surface area (Å²) in [4.78, 5) is 2.27. The van der Waals surface area contributed by atoms with Gasteiger partial charge in [0, 0.05) is 19.2 Å². The zero-order valence-electron chi connectivity index (χ0n) is 17.4. The second-order valence-corrected chi connectivity index (χ2v) is 8.20. The van der Waals surface area contributed by atoms with Gasteiger partial charge in [0.25, 0.3) is 0 Å². The molecule has 7 nitrogen and oxygen atoms in total. The van der Waals surface area contributed by atoms with Crippen molar-refractivity contribution in [2.75, 3.05) is 13.6 Å². The molecule has 0 radical (unpaired) electrons. The van der Waals surface area contributed by atoms with Gasteiger partial charge in [-0.05, 0) is 47.7 Å². The predicted octanol–water partition coefficient (Wildman–Crippen LogP) is 3.82. The Morgan fingerprint density at radius 2 is 1.93 bits per heavy atom. The van der Waals surface area contributed by atoms with Crippen LogP contribution in [0.2, 0.25) is 0 Å². The predicted molar refractivity (Wildman–Crippen MR) is 116 cm³/mol. The highest BCUT2D eigenvalue weighted by Crippen LogP contribution is 2.43. The Morgan fingerprint density at radius 3 is 2.63 bits per heavy atom. The van der Waals surface area contributed by atoms with Gasteiger partial charge in [-0.25, -0.2) is 0 Å². The molecular formula is C23H26N4O3. The number of aromatic hydroxyl groups is 2. The van der Waals surface area contributed by atoms with Gasteiger partial charge in [0.2, 0.25) is 0 Å². The summed E-state index contributed by atoms with van der Waals surface area (Å²) in [7, 11) is 2.10. The summed E-state index contributed by atoms with van der Waals surface area (Å²) in [5.41, 5.74) is 11.0. The van der Waals surface area contributed by atoms with Gasteiger partial charge in [0.05, 0.1) is 11.1 Å². The topological polar surface area (TPSA) is 120 Å². The average Bonchev–Trinajstić information content (AvgIpc) is 3.12. The van der Waals surface area contributed by atoms with E-state index < -0.39 is 0 Å². The summed E-state index contributed by atoms with van der Waals surface area (Å²) < 4.78 is 5.59. The van der Waals surface area contributed by atoms with E-state index in [-0.39, 0.29) is 28.9 Å². The molecule has 4 rings (SSSR count). The zero-order chi connectivity index (χ0) is 21.6. The van der Waals surface area contributed by atoms with Crippen LogP contribution in [0.15, 0.2) is 34.9 Å². The number of fused-ring (bicyclic) bond motifs is 1. The summed E-state index contributed by atoms with van der Waals surface area (Å²) >= 11 is 0. The lowest BCUT2D eigenvalue weighted by Crippen LogP contribution is -2.26. The third kappa shape index (κ3) is 3.41. The molecular weight excluding hydrogens is 380 g/mol. The van der Waals surface area contributed by atoms with Gasteiger partial charge >= 0.3 is 0 Å². The Hall–Kier alpha value is -3.32. The van der Waals surface area contributed by atoms with Crippen molar-refractivity contribution in [1.82, 2.24) is 10.1 Å².